The maximum Gasteiger partial charge on any atom is 0.406 e. The number of hydrogen-bond acceptors (Lipinski definition) is 2. The van der Waals surface area contributed by atoms with E-state index in [1.54, 1.807) is 30.3 Å². The largest absolute Gasteiger partial charge is 0.467 e. The summed E-state index contributed by atoms with van der Waals surface area (Å²) in [4.78, 5) is 12.9. The third kappa shape index (κ3) is 5.11. The summed E-state index contributed by atoms with van der Waals surface area (Å²) < 4.78 is 42.9. The van der Waals surface area contributed by atoms with Gasteiger partial charge >= 0.3 is 6.18 Å². The monoisotopic (exact) mass is 331 g/mol. The van der Waals surface area contributed by atoms with Crippen LogP contribution in [0.1, 0.15) is 11.3 Å². The van der Waals surface area contributed by atoms with E-state index in [0.717, 1.165) is 4.90 Å². The summed E-state index contributed by atoms with van der Waals surface area (Å²) in [6.45, 7) is -1.54. The maximum atomic E-state index is 12.6. The number of amides is 1. The van der Waals surface area contributed by atoms with E-state index in [-0.39, 0.29) is 13.0 Å². The van der Waals surface area contributed by atoms with Crippen LogP contribution in [0.4, 0.5) is 13.2 Å². The first-order valence-electron chi connectivity index (χ1n) is 6.45. The molecule has 0 radical (unpaired) electrons. The summed E-state index contributed by atoms with van der Waals surface area (Å²) in [7, 11) is 0. The Labute approximate surface area is 130 Å². The Kier molecular flexibility index (Phi) is 5.13. The van der Waals surface area contributed by atoms with Crippen molar-refractivity contribution in [2.45, 2.75) is 19.1 Å². The third-order valence-electron chi connectivity index (χ3n) is 2.92. The number of carbonyl (C=O) groups is 1. The van der Waals surface area contributed by atoms with Crippen molar-refractivity contribution in [1.82, 2.24) is 4.90 Å². The van der Waals surface area contributed by atoms with Crippen LogP contribution in [0.2, 0.25) is 5.02 Å². The number of alkyl halides is 3. The first-order valence-corrected chi connectivity index (χ1v) is 6.82. The molecule has 7 heteroatoms. The molecular weight excluding hydrogens is 319 g/mol. The molecule has 0 unspecified atom stereocenters. The summed E-state index contributed by atoms with van der Waals surface area (Å²) in [6, 6.07) is 9.48. The van der Waals surface area contributed by atoms with Gasteiger partial charge in [-0.25, -0.2) is 0 Å². The molecule has 0 aliphatic carbocycles. The molecule has 0 spiro atoms. The van der Waals surface area contributed by atoms with Crippen LogP contribution in [0, 0.1) is 0 Å². The summed E-state index contributed by atoms with van der Waals surface area (Å²) in [5, 5.41) is 0.499. The van der Waals surface area contributed by atoms with Gasteiger partial charge in [-0.15, -0.1) is 0 Å². The second-order valence-electron chi connectivity index (χ2n) is 4.75. The summed E-state index contributed by atoms with van der Waals surface area (Å²) in [5.41, 5.74) is 0.598. The second kappa shape index (κ2) is 6.87. The molecule has 22 heavy (non-hydrogen) atoms. The van der Waals surface area contributed by atoms with E-state index in [4.69, 9.17) is 16.0 Å². The predicted molar refractivity (Wildman–Crippen MR) is 75.3 cm³/mol. The SMILES string of the molecule is O=C(Cc1ccc(Cl)cc1)N(Cc1ccco1)CC(F)(F)F. The van der Waals surface area contributed by atoms with E-state index in [1.165, 1.54) is 12.3 Å². The Morgan fingerprint density at radius 3 is 2.41 bits per heavy atom. The van der Waals surface area contributed by atoms with Gasteiger partial charge in [0.2, 0.25) is 5.91 Å². The Morgan fingerprint density at radius 1 is 1.18 bits per heavy atom. The van der Waals surface area contributed by atoms with Gasteiger partial charge in [-0.05, 0) is 29.8 Å². The number of nitrogens with zero attached hydrogens (tertiary/aromatic N) is 1. The fourth-order valence-corrected chi connectivity index (χ4v) is 2.05. The zero-order chi connectivity index (χ0) is 16.2. The fraction of sp³-hybridized carbons (Fsp3) is 0.267. The van der Waals surface area contributed by atoms with Gasteiger partial charge < -0.3 is 9.32 Å². The highest BCUT2D eigenvalue weighted by Crippen LogP contribution is 2.20. The molecule has 2 rings (SSSR count). The molecule has 0 aliphatic heterocycles. The second-order valence-corrected chi connectivity index (χ2v) is 5.18. The highest BCUT2D eigenvalue weighted by Gasteiger charge is 2.33. The minimum atomic E-state index is -4.47. The number of benzene rings is 1. The van der Waals surface area contributed by atoms with E-state index in [1.807, 2.05) is 0 Å². The molecule has 1 heterocycles. The quantitative estimate of drug-likeness (QED) is 0.827. The summed E-state index contributed by atoms with van der Waals surface area (Å²) in [5.74, 6) is -0.329. The molecule has 0 fully saturated rings. The van der Waals surface area contributed by atoms with Crippen molar-refractivity contribution in [3.63, 3.8) is 0 Å². The highest BCUT2D eigenvalue weighted by atomic mass is 35.5. The first-order chi connectivity index (χ1) is 10.3. The lowest BCUT2D eigenvalue weighted by Gasteiger charge is -2.23. The van der Waals surface area contributed by atoms with Gasteiger partial charge in [-0.1, -0.05) is 23.7 Å². The predicted octanol–water partition coefficient (Wildman–Crippen LogP) is 4.07. The molecule has 1 aromatic carbocycles. The number of carbonyl (C=O) groups excluding carboxylic acids is 1. The molecule has 0 saturated carbocycles. The van der Waals surface area contributed by atoms with Gasteiger partial charge in [-0.2, -0.15) is 13.2 Å². The van der Waals surface area contributed by atoms with Gasteiger partial charge in [0.05, 0.1) is 19.2 Å². The van der Waals surface area contributed by atoms with Gasteiger partial charge in [0, 0.05) is 5.02 Å². The van der Waals surface area contributed by atoms with E-state index in [9.17, 15) is 18.0 Å². The van der Waals surface area contributed by atoms with Crippen LogP contribution in [0.25, 0.3) is 0 Å². The van der Waals surface area contributed by atoms with Crippen LogP contribution < -0.4 is 0 Å². The fourth-order valence-electron chi connectivity index (χ4n) is 1.93. The first kappa shape index (κ1) is 16.4. The summed E-state index contributed by atoms with van der Waals surface area (Å²) >= 11 is 5.74. The van der Waals surface area contributed by atoms with Gasteiger partial charge in [0.15, 0.2) is 0 Å². The Bertz CT molecular complexity index is 609. The smallest absolute Gasteiger partial charge is 0.406 e. The topological polar surface area (TPSA) is 33.5 Å². The summed E-state index contributed by atoms with van der Waals surface area (Å²) in [6.07, 6.45) is -3.25. The van der Waals surface area contributed by atoms with Crippen LogP contribution in [0.15, 0.2) is 47.1 Å². The molecular formula is C15H13ClF3NO2. The molecule has 3 nitrogen and oxygen atoms in total. The van der Waals surface area contributed by atoms with E-state index in [2.05, 4.69) is 0 Å². The minimum absolute atomic E-state index is 0.131. The van der Waals surface area contributed by atoms with Crippen molar-refractivity contribution in [2.24, 2.45) is 0 Å². The van der Waals surface area contributed by atoms with E-state index >= 15 is 0 Å². The molecule has 0 saturated heterocycles. The lowest BCUT2D eigenvalue weighted by molar-refractivity contribution is -0.162. The Hall–Kier alpha value is -1.95. The van der Waals surface area contributed by atoms with Crippen molar-refractivity contribution < 1.29 is 22.4 Å². The van der Waals surface area contributed by atoms with Crippen LogP contribution in [0.3, 0.4) is 0 Å². The molecule has 118 valence electrons. The number of rotatable bonds is 5. The lowest BCUT2D eigenvalue weighted by atomic mass is 10.1. The van der Waals surface area contributed by atoms with Crippen molar-refractivity contribution >= 4 is 17.5 Å². The molecule has 0 N–H and O–H groups in total. The molecule has 1 amide bonds. The van der Waals surface area contributed by atoms with Crippen molar-refractivity contribution in [3.8, 4) is 0 Å². The van der Waals surface area contributed by atoms with Crippen molar-refractivity contribution in [1.29, 1.82) is 0 Å². The molecule has 0 aliphatic rings. The Morgan fingerprint density at radius 2 is 1.86 bits per heavy atom. The van der Waals surface area contributed by atoms with Crippen molar-refractivity contribution in [2.75, 3.05) is 6.54 Å². The van der Waals surface area contributed by atoms with Crippen LogP contribution >= 0.6 is 11.6 Å². The van der Waals surface area contributed by atoms with Crippen molar-refractivity contribution in [3.05, 3.63) is 59.0 Å². The molecule has 0 bridgehead atoms. The standard InChI is InChI=1S/C15H13ClF3NO2/c16-12-5-3-11(4-6-12)8-14(21)20(10-15(17,18)19)9-13-2-1-7-22-13/h1-7H,8-10H2. The Balaban J connectivity index is 2.09. The van der Waals surface area contributed by atoms with Gasteiger partial charge in [0.1, 0.15) is 12.3 Å². The van der Waals surface area contributed by atoms with Gasteiger partial charge in [-0.3, -0.25) is 4.79 Å². The van der Waals surface area contributed by atoms with E-state index < -0.39 is 18.6 Å². The molecule has 0 atom stereocenters. The lowest BCUT2D eigenvalue weighted by Crippen LogP contribution is -2.39. The zero-order valence-corrected chi connectivity index (χ0v) is 12.2. The maximum absolute atomic E-state index is 12.6. The van der Waals surface area contributed by atoms with Crippen LogP contribution in [0.5, 0.6) is 0 Å². The minimum Gasteiger partial charge on any atom is -0.467 e. The normalized spacial score (nSPS) is 11.5. The number of hydrogen-bond donors (Lipinski definition) is 0. The average molecular weight is 332 g/mol. The van der Waals surface area contributed by atoms with E-state index in [0.29, 0.717) is 16.3 Å². The van der Waals surface area contributed by atoms with Crippen LogP contribution in [-0.2, 0) is 17.8 Å². The number of halogens is 4. The number of furan rings is 1. The van der Waals surface area contributed by atoms with Gasteiger partial charge in [0.25, 0.3) is 0 Å². The van der Waals surface area contributed by atoms with Crippen LogP contribution in [-0.4, -0.2) is 23.5 Å². The molecule has 2 aromatic rings. The zero-order valence-electron chi connectivity index (χ0n) is 11.4. The average Bonchev–Trinajstić information content (AvgIpc) is 2.92. The molecule has 1 aromatic heterocycles. The third-order valence-corrected chi connectivity index (χ3v) is 3.17. The highest BCUT2D eigenvalue weighted by molar-refractivity contribution is 6.30.